The van der Waals surface area contributed by atoms with E-state index < -0.39 is 9.84 Å². The van der Waals surface area contributed by atoms with Gasteiger partial charge in [0.1, 0.15) is 5.82 Å². The number of para-hydroxylation sites is 1. The molecule has 0 radical (unpaired) electrons. The first-order valence-electron chi connectivity index (χ1n) is 6.36. The molecule has 1 atom stereocenters. The van der Waals surface area contributed by atoms with Crippen molar-refractivity contribution in [2.45, 2.75) is 36.7 Å². The Morgan fingerprint density at radius 3 is 2.63 bits per heavy atom. The predicted octanol–water partition coefficient (Wildman–Crippen LogP) is 1.79. The fourth-order valence-electron chi connectivity index (χ4n) is 2.46. The van der Waals surface area contributed by atoms with E-state index >= 15 is 0 Å². The Kier molecular flexibility index (Phi) is 2.69. The summed E-state index contributed by atoms with van der Waals surface area (Å²) in [5.74, 6) is 0.772. The van der Waals surface area contributed by atoms with Crippen LogP contribution in [0.25, 0.3) is 11.0 Å². The number of nitrogens with two attached hydrogens (primary N) is 1. The van der Waals surface area contributed by atoms with Crippen molar-refractivity contribution >= 4 is 20.9 Å². The van der Waals surface area contributed by atoms with Crippen LogP contribution in [0.4, 0.5) is 0 Å². The molecule has 5 nitrogen and oxygen atoms in total. The molecule has 2 N–H and O–H groups in total. The van der Waals surface area contributed by atoms with Crippen molar-refractivity contribution in [3.63, 3.8) is 0 Å². The molecule has 1 saturated carbocycles. The molecule has 1 aromatic heterocycles. The van der Waals surface area contributed by atoms with Crippen LogP contribution in [0.5, 0.6) is 0 Å². The van der Waals surface area contributed by atoms with Crippen LogP contribution in [0.1, 0.15) is 37.7 Å². The van der Waals surface area contributed by atoms with E-state index in [9.17, 15) is 8.42 Å². The van der Waals surface area contributed by atoms with E-state index in [2.05, 4.69) is 4.98 Å². The van der Waals surface area contributed by atoms with Gasteiger partial charge in [-0.25, -0.2) is 13.4 Å². The molecule has 6 heteroatoms. The second-order valence-corrected chi connectivity index (χ2v) is 7.24. The minimum absolute atomic E-state index is 0.208. The number of benzene rings is 1. The summed E-state index contributed by atoms with van der Waals surface area (Å²) in [4.78, 5) is 4.86. The number of hydrogen-bond donors (Lipinski definition) is 1. The van der Waals surface area contributed by atoms with Crippen molar-refractivity contribution in [3.8, 4) is 0 Å². The van der Waals surface area contributed by atoms with E-state index in [0.29, 0.717) is 22.0 Å². The zero-order chi connectivity index (χ0) is 13.8. The second kappa shape index (κ2) is 4.05. The molecule has 0 unspecified atom stereocenters. The van der Waals surface area contributed by atoms with Crippen LogP contribution < -0.4 is 5.73 Å². The average molecular weight is 279 g/mol. The van der Waals surface area contributed by atoms with Crippen LogP contribution in [0.2, 0.25) is 0 Å². The average Bonchev–Trinajstić information content (AvgIpc) is 3.06. The maximum Gasteiger partial charge on any atom is 0.177 e. The summed E-state index contributed by atoms with van der Waals surface area (Å²) in [6.07, 6.45) is 3.35. The van der Waals surface area contributed by atoms with E-state index in [1.807, 2.05) is 17.6 Å². The molecule has 0 saturated heterocycles. The summed E-state index contributed by atoms with van der Waals surface area (Å²) in [7, 11) is -3.27. The lowest BCUT2D eigenvalue weighted by atomic mass is 10.3. The number of sulfone groups is 1. The quantitative estimate of drug-likeness (QED) is 0.929. The molecule has 1 aliphatic carbocycles. The number of fused-ring (bicyclic) bond motifs is 1. The zero-order valence-corrected chi connectivity index (χ0v) is 11.8. The summed E-state index contributed by atoms with van der Waals surface area (Å²) < 4.78 is 25.9. The van der Waals surface area contributed by atoms with Crippen LogP contribution in [-0.2, 0) is 9.84 Å². The summed E-state index contributed by atoms with van der Waals surface area (Å²) in [5.41, 5.74) is 7.39. The minimum Gasteiger partial charge on any atom is -0.322 e. The zero-order valence-electron chi connectivity index (χ0n) is 11.0. The maximum absolute atomic E-state index is 11.9. The molecular formula is C13H17N3O2S. The van der Waals surface area contributed by atoms with E-state index in [4.69, 9.17) is 5.73 Å². The van der Waals surface area contributed by atoms with E-state index in [-0.39, 0.29) is 6.04 Å². The monoisotopic (exact) mass is 279 g/mol. The van der Waals surface area contributed by atoms with Gasteiger partial charge in [-0.3, -0.25) is 0 Å². The number of nitrogens with zero attached hydrogens (tertiary/aromatic N) is 2. The summed E-state index contributed by atoms with van der Waals surface area (Å²) in [6.45, 7) is 1.88. The molecular weight excluding hydrogens is 262 g/mol. The second-order valence-electron chi connectivity index (χ2n) is 5.26. The predicted molar refractivity (Wildman–Crippen MR) is 73.7 cm³/mol. The number of aromatic nitrogens is 2. The SMILES string of the molecule is C[C@@H](N)c1nc2cccc(S(C)(=O)=O)c2n1C1CC1. The smallest absolute Gasteiger partial charge is 0.177 e. The molecule has 102 valence electrons. The first kappa shape index (κ1) is 12.6. The van der Waals surface area contributed by atoms with Crippen molar-refractivity contribution in [3.05, 3.63) is 24.0 Å². The van der Waals surface area contributed by atoms with Crippen molar-refractivity contribution in [1.82, 2.24) is 9.55 Å². The van der Waals surface area contributed by atoms with Gasteiger partial charge in [0.05, 0.1) is 22.0 Å². The largest absolute Gasteiger partial charge is 0.322 e. The minimum atomic E-state index is -3.27. The molecule has 0 aliphatic heterocycles. The Hall–Kier alpha value is -1.40. The highest BCUT2D eigenvalue weighted by molar-refractivity contribution is 7.91. The molecule has 1 aromatic carbocycles. The first-order valence-corrected chi connectivity index (χ1v) is 8.25. The maximum atomic E-state index is 11.9. The van der Waals surface area contributed by atoms with Gasteiger partial charge in [-0.1, -0.05) is 6.07 Å². The Labute approximate surface area is 112 Å². The Bertz CT molecular complexity index is 743. The topological polar surface area (TPSA) is 78.0 Å². The number of imidazole rings is 1. The van der Waals surface area contributed by atoms with E-state index in [1.54, 1.807) is 12.1 Å². The molecule has 0 bridgehead atoms. The first-order chi connectivity index (χ1) is 8.89. The Morgan fingerprint density at radius 1 is 1.42 bits per heavy atom. The normalized spacial score (nSPS) is 17.8. The highest BCUT2D eigenvalue weighted by atomic mass is 32.2. The highest BCUT2D eigenvalue weighted by Crippen LogP contribution is 2.41. The molecule has 1 heterocycles. The Morgan fingerprint density at radius 2 is 2.11 bits per heavy atom. The van der Waals surface area contributed by atoms with Gasteiger partial charge in [-0.05, 0) is 31.9 Å². The van der Waals surface area contributed by atoms with Crippen LogP contribution in [0, 0.1) is 0 Å². The van der Waals surface area contributed by atoms with Crippen LogP contribution in [0.3, 0.4) is 0 Å². The number of hydrogen-bond acceptors (Lipinski definition) is 4. The van der Waals surface area contributed by atoms with Crippen LogP contribution >= 0.6 is 0 Å². The van der Waals surface area contributed by atoms with Gasteiger partial charge in [0.15, 0.2) is 9.84 Å². The standard InChI is InChI=1S/C13H17N3O2S/c1-8(14)13-15-10-4-3-5-11(19(2,17)18)12(10)16(13)9-6-7-9/h3-5,8-9H,6-7,14H2,1-2H3/t8-/m1/s1. The third-order valence-corrected chi connectivity index (χ3v) is 4.55. The molecule has 0 amide bonds. The molecule has 2 aromatic rings. The lowest BCUT2D eigenvalue weighted by molar-refractivity contribution is 0.600. The fraction of sp³-hybridized carbons (Fsp3) is 0.462. The van der Waals surface area contributed by atoms with Gasteiger partial charge in [-0.15, -0.1) is 0 Å². The number of rotatable bonds is 3. The van der Waals surface area contributed by atoms with Crippen LogP contribution in [0.15, 0.2) is 23.1 Å². The summed E-state index contributed by atoms with van der Waals surface area (Å²) in [6, 6.07) is 5.35. The fourth-order valence-corrected chi connectivity index (χ4v) is 3.34. The van der Waals surface area contributed by atoms with E-state index in [1.165, 1.54) is 6.26 Å². The van der Waals surface area contributed by atoms with Crippen molar-refractivity contribution < 1.29 is 8.42 Å². The van der Waals surface area contributed by atoms with Gasteiger partial charge in [-0.2, -0.15) is 0 Å². The summed E-state index contributed by atoms with van der Waals surface area (Å²) in [5, 5.41) is 0. The third-order valence-electron chi connectivity index (χ3n) is 3.42. The lowest BCUT2D eigenvalue weighted by Crippen LogP contribution is -2.13. The lowest BCUT2D eigenvalue weighted by Gasteiger charge is -2.11. The molecule has 1 fully saturated rings. The Balaban J connectivity index is 2.41. The highest BCUT2D eigenvalue weighted by Gasteiger charge is 2.31. The van der Waals surface area contributed by atoms with Crippen molar-refractivity contribution in [1.29, 1.82) is 0 Å². The molecule has 19 heavy (non-hydrogen) atoms. The van der Waals surface area contributed by atoms with Gasteiger partial charge in [0.25, 0.3) is 0 Å². The molecule has 1 aliphatic rings. The van der Waals surface area contributed by atoms with Crippen molar-refractivity contribution in [2.75, 3.05) is 6.26 Å². The van der Waals surface area contributed by atoms with Gasteiger partial charge >= 0.3 is 0 Å². The molecule has 3 rings (SSSR count). The molecule has 0 spiro atoms. The van der Waals surface area contributed by atoms with Crippen molar-refractivity contribution in [2.24, 2.45) is 5.73 Å². The van der Waals surface area contributed by atoms with Gasteiger partial charge in [0.2, 0.25) is 0 Å². The van der Waals surface area contributed by atoms with Crippen LogP contribution in [-0.4, -0.2) is 24.2 Å². The summed E-state index contributed by atoms with van der Waals surface area (Å²) >= 11 is 0. The van der Waals surface area contributed by atoms with Gasteiger partial charge < -0.3 is 10.3 Å². The van der Waals surface area contributed by atoms with E-state index in [0.717, 1.165) is 18.7 Å². The van der Waals surface area contributed by atoms with Gasteiger partial charge in [0, 0.05) is 12.3 Å². The third kappa shape index (κ3) is 2.04.